The summed E-state index contributed by atoms with van der Waals surface area (Å²) in [5.74, 6) is -1.96. The first-order valence-corrected chi connectivity index (χ1v) is 13.2. The molecule has 0 spiro atoms. The highest BCUT2D eigenvalue weighted by Gasteiger charge is 2.31. The van der Waals surface area contributed by atoms with Crippen molar-refractivity contribution in [2.24, 2.45) is 17.2 Å². The van der Waals surface area contributed by atoms with Gasteiger partial charge in [-0.05, 0) is 36.2 Å². The zero-order valence-corrected chi connectivity index (χ0v) is 22.8. The van der Waals surface area contributed by atoms with E-state index >= 15 is 0 Å². The zero-order valence-electron chi connectivity index (χ0n) is 22.8. The van der Waals surface area contributed by atoms with Gasteiger partial charge in [0.25, 0.3) is 0 Å². The van der Waals surface area contributed by atoms with Gasteiger partial charge in [0.2, 0.25) is 17.7 Å². The Morgan fingerprint density at radius 2 is 1.64 bits per heavy atom. The summed E-state index contributed by atoms with van der Waals surface area (Å²) in [5.41, 5.74) is 18.7. The zero-order chi connectivity index (χ0) is 30.7. The van der Waals surface area contributed by atoms with Crippen LogP contribution in [0.5, 0.6) is 5.75 Å². The van der Waals surface area contributed by atoms with Crippen LogP contribution in [0.1, 0.15) is 18.4 Å². The van der Waals surface area contributed by atoms with Gasteiger partial charge in [0, 0.05) is 44.4 Å². The van der Waals surface area contributed by atoms with Gasteiger partial charge >= 0.3 is 6.36 Å². The fraction of sp³-hybridized carbons (Fsp3) is 0.357. The highest BCUT2D eigenvalue weighted by molar-refractivity contribution is 5.99. The second-order valence-corrected chi connectivity index (χ2v) is 9.47. The highest BCUT2D eigenvalue weighted by Crippen LogP contribution is 2.23. The van der Waals surface area contributed by atoms with Gasteiger partial charge in [0.1, 0.15) is 11.8 Å². The lowest BCUT2D eigenvalue weighted by molar-refractivity contribution is -0.274. The lowest BCUT2D eigenvalue weighted by Crippen LogP contribution is -2.51. The van der Waals surface area contributed by atoms with Gasteiger partial charge in [0.05, 0.1) is 23.4 Å². The van der Waals surface area contributed by atoms with Crippen molar-refractivity contribution in [2.45, 2.75) is 37.7 Å². The van der Waals surface area contributed by atoms with Crippen molar-refractivity contribution in [3.8, 4) is 5.75 Å². The summed E-state index contributed by atoms with van der Waals surface area (Å²) >= 11 is 0. The van der Waals surface area contributed by atoms with E-state index in [1.807, 2.05) is 24.3 Å². The normalized spacial score (nSPS) is 12.8. The van der Waals surface area contributed by atoms with Gasteiger partial charge in [0.15, 0.2) is 0 Å². The van der Waals surface area contributed by atoms with Crippen molar-refractivity contribution >= 4 is 34.3 Å². The third-order valence-electron chi connectivity index (χ3n) is 6.24. The summed E-state index contributed by atoms with van der Waals surface area (Å²) in [4.78, 5) is 44.6. The molecule has 2 aromatic carbocycles. The Hall–Kier alpha value is -4.27. The van der Waals surface area contributed by atoms with Crippen molar-refractivity contribution in [1.82, 2.24) is 15.2 Å². The molecule has 0 radical (unpaired) electrons. The minimum Gasteiger partial charge on any atom is -0.406 e. The number of hydrogen-bond donors (Lipinski definition) is 5. The number of rotatable bonds is 14. The second-order valence-electron chi connectivity index (χ2n) is 9.47. The summed E-state index contributed by atoms with van der Waals surface area (Å²) < 4.78 is 41.5. The number of nitrogens with one attached hydrogen (secondary N) is 2. The number of halogens is 3. The molecule has 0 saturated carbocycles. The van der Waals surface area contributed by atoms with Gasteiger partial charge < -0.3 is 37.5 Å². The lowest BCUT2D eigenvalue weighted by Gasteiger charge is -2.23. The van der Waals surface area contributed by atoms with Crippen molar-refractivity contribution in [3.05, 3.63) is 66.4 Å². The van der Waals surface area contributed by atoms with Crippen LogP contribution in [-0.4, -0.2) is 72.2 Å². The number of pyridine rings is 1. The first-order valence-electron chi connectivity index (χ1n) is 13.2. The number of nitrogens with two attached hydrogens (primary N) is 3. The maximum Gasteiger partial charge on any atom is 0.573 e. The Kier molecular flexibility index (Phi) is 11.6. The number of alkyl halides is 3. The minimum absolute atomic E-state index is 0.00270. The Bertz CT molecular complexity index is 1350. The quantitative estimate of drug-likeness (QED) is 0.188. The number of benzene rings is 2. The fourth-order valence-corrected chi connectivity index (χ4v) is 4.16. The Morgan fingerprint density at radius 3 is 2.29 bits per heavy atom. The van der Waals surface area contributed by atoms with Crippen LogP contribution >= 0.6 is 0 Å². The van der Waals surface area contributed by atoms with Crippen LogP contribution in [0.2, 0.25) is 0 Å². The van der Waals surface area contributed by atoms with E-state index in [1.54, 1.807) is 6.07 Å². The van der Waals surface area contributed by atoms with E-state index < -0.39 is 36.0 Å². The van der Waals surface area contributed by atoms with E-state index in [4.69, 9.17) is 17.2 Å². The first kappa shape index (κ1) is 32.2. The number of carbonyl (C=O) groups excluding carboxylic acids is 3. The van der Waals surface area contributed by atoms with Crippen LogP contribution in [0.3, 0.4) is 0 Å². The predicted molar refractivity (Wildman–Crippen MR) is 151 cm³/mol. The van der Waals surface area contributed by atoms with E-state index in [2.05, 4.69) is 20.4 Å². The fourth-order valence-electron chi connectivity index (χ4n) is 4.16. The highest BCUT2D eigenvalue weighted by atomic mass is 19.4. The average molecular weight is 590 g/mol. The maximum atomic E-state index is 13.3. The van der Waals surface area contributed by atoms with E-state index in [-0.39, 0.29) is 38.3 Å². The van der Waals surface area contributed by atoms with Crippen LogP contribution in [0.4, 0.5) is 18.9 Å². The topological polar surface area (TPSA) is 179 Å². The molecule has 0 fully saturated rings. The van der Waals surface area contributed by atoms with Gasteiger partial charge in [-0.25, -0.2) is 0 Å². The third-order valence-corrected chi connectivity index (χ3v) is 6.24. The summed E-state index contributed by atoms with van der Waals surface area (Å²) in [6.45, 7) is 1.14. The molecule has 0 aliphatic heterocycles. The number of amides is 3. The molecule has 8 N–H and O–H groups in total. The molecule has 226 valence electrons. The van der Waals surface area contributed by atoms with E-state index in [1.165, 1.54) is 23.2 Å². The smallest absolute Gasteiger partial charge is 0.406 e. The van der Waals surface area contributed by atoms with Crippen LogP contribution in [0, 0.1) is 0 Å². The van der Waals surface area contributed by atoms with Crippen LogP contribution in [0.15, 0.2) is 60.8 Å². The Morgan fingerprint density at radius 1 is 0.976 bits per heavy atom. The monoisotopic (exact) mass is 589 g/mol. The van der Waals surface area contributed by atoms with E-state index in [0.717, 1.165) is 23.0 Å². The van der Waals surface area contributed by atoms with Crippen molar-refractivity contribution in [3.63, 3.8) is 0 Å². The van der Waals surface area contributed by atoms with Crippen LogP contribution < -0.4 is 32.6 Å². The molecule has 2 atom stereocenters. The summed E-state index contributed by atoms with van der Waals surface area (Å²) in [6, 6.07) is 11.7. The van der Waals surface area contributed by atoms with Crippen molar-refractivity contribution < 1.29 is 32.3 Å². The molecule has 11 nitrogen and oxygen atoms in total. The summed E-state index contributed by atoms with van der Waals surface area (Å²) in [5, 5.41) is 6.10. The number of anilines is 1. The minimum atomic E-state index is -4.85. The van der Waals surface area contributed by atoms with Gasteiger partial charge in [-0.2, -0.15) is 0 Å². The molecule has 0 aliphatic rings. The van der Waals surface area contributed by atoms with E-state index in [9.17, 15) is 27.6 Å². The molecular formula is C28H34F3N7O4. The SMILES string of the molecule is NCCN(CCN)C(=O)CC[C@H](N)C(=O)N[C@H](Cc1ccc(OC(F)(F)F)cc1)C(=O)Nc1cnc2ccccc2c1. The summed E-state index contributed by atoms with van der Waals surface area (Å²) in [7, 11) is 0. The molecule has 0 saturated heterocycles. The molecule has 14 heteroatoms. The maximum absolute atomic E-state index is 13.3. The Labute approximate surface area is 240 Å². The number of carbonyl (C=O) groups is 3. The molecule has 1 aromatic heterocycles. The molecule has 1 heterocycles. The molecule has 3 rings (SSSR count). The molecule has 42 heavy (non-hydrogen) atoms. The number of fused-ring (bicyclic) bond motifs is 1. The molecule has 3 amide bonds. The number of para-hydroxylation sites is 1. The lowest BCUT2D eigenvalue weighted by atomic mass is 10.0. The standard InChI is InChI=1S/C28H34F3N7O4/c29-28(30,31)42-21-7-5-18(6-8-21)15-24(27(41)36-20-16-19-3-1-2-4-23(19)35-17-20)37-26(40)22(34)9-10-25(39)38(13-11-32)14-12-33/h1-8,16-17,22,24H,9-15,32-34H2,(H,36,41)(H,37,40)/t22-,24+/m0/s1. The number of ether oxygens (including phenoxy) is 1. The van der Waals surface area contributed by atoms with Gasteiger partial charge in [-0.15, -0.1) is 13.2 Å². The molecule has 3 aromatic rings. The second kappa shape index (κ2) is 15.1. The van der Waals surface area contributed by atoms with Gasteiger partial charge in [-0.1, -0.05) is 30.3 Å². The van der Waals surface area contributed by atoms with Crippen LogP contribution in [0.25, 0.3) is 10.9 Å². The molecular weight excluding hydrogens is 555 g/mol. The number of nitrogens with zero attached hydrogens (tertiary/aromatic N) is 2. The molecule has 0 bridgehead atoms. The number of hydrogen-bond acceptors (Lipinski definition) is 8. The van der Waals surface area contributed by atoms with Crippen LogP contribution in [-0.2, 0) is 20.8 Å². The average Bonchev–Trinajstić information content (AvgIpc) is 2.95. The molecule has 0 aliphatic carbocycles. The van der Waals surface area contributed by atoms with Crippen molar-refractivity contribution in [1.29, 1.82) is 0 Å². The Balaban J connectivity index is 1.72. The predicted octanol–water partition coefficient (Wildman–Crippen LogP) is 1.65. The largest absolute Gasteiger partial charge is 0.573 e. The van der Waals surface area contributed by atoms with Gasteiger partial charge in [-0.3, -0.25) is 19.4 Å². The first-order chi connectivity index (χ1) is 20.0. The number of aromatic nitrogens is 1. The third kappa shape index (κ3) is 9.98. The van der Waals surface area contributed by atoms with E-state index in [0.29, 0.717) is 24.3 Å². The molecule has 0 unspecified atom stereocenters. The summed E-state index contributed by atoms with van der Waals surface area (Å²) in [6.07, 6.45) is -3.49. The van der Waals surface area contributed by atoms with Crippen molar-refractivity contribution in [2.75, 3.05) is 31.5 Å².